The van der Waals surface area contributed by atoms with E-state index in [4.69, 9.17) is 6.42 Å². The first kappa shape index (κ1) is 22.5. The second-order valence-corrected chi connectivity index (χ2v) is 8.68. The molecule has 4 rings (SSSR count). The SMILES string of the molecule is C#Cc1cccc(C(C)C(=O)N2CCCC2C(=O)NCc2ccc(C3=C(C)N=CC3)cc2)c1. The summed E-state index contributed by atoms with van der Waals surface area (Å²) >= 11 is 0. The Hall–Kier alpha value is -3.65. The van der Waals surface area contributed by atoms with Gasteiger partial charge < -0.3 is 10.2 Å². The third-order valence-electron chi connectivity index (χ3n) is 6.55. The van der Waals surface area contributed by atoms with Crippen LogP contribution in [0.3, 0.4) is 0 Å². The van der Waals surface area contributed by atoms with Crippen molar-refractivity contribution in [2.24, 2.45) is 4.99 Å². The lowest BCUT2D eigenvalue weighted by atomic mass is 9.97. The molecule has 0 bridgehead atoms. The van der Waals surface area contributed by atoms with Gasteiger partial charge in [-0.3, -0.25) is 14.6 Å². The first-order valence-corrected chi connectivity index (χ1v) is 11.4. The molecule has 5 nitrogen and oxygen atoms in total. The first-order valence-electron chi connectivity index (χ1n) is 11.4. The molecule has 1 N–H and O–H groups in total. The molecule has 1 fully saturated rings. The van der Waals surface area contributed by atoms with Crippen molar-refractivity contribution in [2.45, 2.75) is 51.6 Å². The largest absolute Gasteiger partial charge is 0.350 e. The molecule has 2 heterocycles. The van der Waals surface area contributed by atoms with E-state index in [0.29, 0.717) is 19.5 Å². The van der Waals surface area contributed by atoms with Crippen molar-refractivity contribution in [1.82, 2.24) is 10.2 Å². The topological polar surface area (TPSA) is 61.8 Å². The van der Waals surface area contributed by atoms with Gasteiger partial charge >= 0.3 is 0 Å². The van der Waals surface area contributed by atoms with Gasteiger partial charge in [0.1, 0.15) is 6.04 Å². The molecule has 33 heavy (non-hydrogen) atoms. The normalized spacial score (nSPS) is 18.3. The monoisotopic (exact) mass is 439 g/mol. The Kier molecular flexibility index (Phi) is 6.74. The van der Waals surface area contributed by atoms with Crippen LogP contribution in [0.1, 0.15) is 61.3 Å². The Morgan fingerprint density at radius 1 is 1.24 bits per heavy atom. The van der Waals surface area contributed by atoms with E-state index in [-0.39, 0.29) is 17.7 Å². The summed E-state index contributed by atoms with van der Waals surface area (Å²) in [5.74, 6) is 2.13. The number of allylic oxidation sites excluding steroid dienone is 2. The van der Waals surface area contributed by atoms with Gasteiger partial charge in [0.25, 0.3) is 0 Å². The number of carbonyl (C=O) groups excluding carboxylic acids is 2. The van der Waals surface area contributed by atoms with Crippen LogP contribution >= 0.6 is 0 Å². The summed E-state index contributed by atoms with van der Waals surface area (Å²) in [5, 5.41) is 3.02. The lowest BCUT2D eigenvalue weighted by Crippen LogP contribution is -2.47. The maximum Gasteiger partial charge on any atom is 0.243 e. The molecule has 0 radical (unpaired) electrons. The minimum atomic E-state index is -0.432. The number of carbonyl (C=O) groups is 2. The molecular formula is C28H29N3O2. The molecule has 0 aliphatic carbocycles. The summed E-state index contributed by atoms with van der Waals surface area (Å²) in [6.07, 6.45) is 9.80. The number of hydrogen-bond donors (Lipinski definition) is 1. The molecule has 0 spiro atoms. The van der Waals surface area contributed by atoms with Gasteiger partial charge in [0.05, 0.1) is 5.92 Å². The summed E-state index contributed by atoms with van der Waals surface area (Å²) in [7, 11) is 0. The van der Waals surface area contributed by atoms with Gasteiger partial charge in [-0.1, -0.05) is 42.3 Å². The zero-order chi connectivity index (χ0) is 23.4. The van der Waals surface area contributed by atoms with Gasteiger partial charge in [-0.2, -0.15) is 0 Å². The molecule has 2 aliphatic heterocycles. The van der Waals surface area contributed by atoms with E-state index in [1.54, 1.807) is 4.90 Å². The van der Waals surface area contributed by atoms with Crippen LogP contribution in [0.15, 0.2) is 59.2 Å². The fraction of sp³-hybridized carbons (Fsp3) is 0.321. The number of nitrogens with one attached hydrogen (secondary N) is 1. The lowest BCUT2D eigenvalue weighted by Gasteiger charge is -2.27. The predicted octanol–water partition coefficient (Wildman–Crippen LogP) is 4.28. The first-order chi connectivity index (χ1) is 16.0. The van der Waals surface area contributed by atoms with Crippen LogP contribution in [0, 0.1) is 12.3 Å². The van der Waals surface area contributed by atoms with Crippen LogP contribution in [0.4, 0.5) is 0 Å². The van der Waals surface area contributed by atoms with Gasteiger partial charge in [-0.25, -0.2) is 0 Å². The van der Waals surface area contributed by atoms with E-state index in [1.807, 2.05) is 56.5 Å². The molecular weight excluding hydrogens is 410 g/mol. The Bertz CT molecular complexity index is 1150. The van der Waals surface area contributed by atoms with Gasteiger partial charge in [0.15, 0.2) is 0 Å². The van der Waals surface area contributed by atoms with Crippen LogP contribution in [-0.4, -0.2) is 35.5 Å². The molecule has 0 aromatic heterocycles. The Labute approximate surface area is 195 Å². The quantitative estimate of drug-likeness (QED) is 0.683. The lowest BCUT2D eigenvalue weighted by molar-refractivity contribution is -0.139. The number of hydrogen-bond acceptors (Lipinski definition) is 3. The van der Waals surface area contributed by atoms with Crippen LogP contribution in [-0.2, 0) is 16.1 Å². The van der Waals surface area contributed by atoms with Crippen LogP contribution in [0.5, 0.6) is 0 Å². The van der Waals surface area contributed by atoms with E-state index in [0.717, 1.165) is 40.8 Å². The fourth-order valence-corrected chi connectivity index (χ4v) is 4.55. The van der Waals surface area contributed by atoms with Crippen molar-refractivity contribution in [3.05, 3.63) is 76.5 Å². The highest BCUT2D eigenvalue weighted by molar-refractivity contribution is 5.91. The molecule has 0 saturated carbocycles. The van der Waals surface area contributed by atoms with Crippen molar-refractivity contribution >= 4 is 23.6 Å². The van der Waals surface area contributed by atoms with Gasteiger partial charge in [-0.15, -0.1) is 6.42 Å². The Balaban J connectivity index is 1.37. The molecule has 2 aromatic rings. The summed E-state index contributed by atoms with van der Waals surface area (Å²) in [4.78, 5) is 32.2. The third-order valence-corrected chi connectivity index (χ3v) is 6.55. The Morgan fingerprint density at radius 3 is 2.73 bits per heavy atom. The highest BCUT2D eigenvalue weighted by Crippen LogP contribution is 2.27. The molecule has 1 saturated heterocycles. The zero-order valence-corrected chi connectivity index (χ0v) is 19.2. The molecule has 2 amide bonds. The van der Waals surface area contributed by atoms with Crippen molar-refractivity contribution in [2.75, 3.05) is 6.54 Å². The van der Waals surface area contributed by atoms with Crippen LogP contribution in [0.25, 0.3) is 5.57 Å². The molecule has 2 unspecified atom stereocenters. The summed E-state index contributed by atoms with van der Waals surface area (Å²) < 4.78 is 0. The summed E-state index contributed by atoms with van der Waals surface area (Å²) in [5.41, 5.74) is 6.12. The third kappa shape index (κ3) is 4.90. The zero-order valence-electron chi connectivity index (χ0n) is 19.2. The van der Waals surface area contributed by atoms with Crippen LogP contribution < -0.4 is 5.32 Å². The van der Waals surface area contributed by atoms with E-state index >= 15 is 0 Å². The predicted molar refractivity (Wildman–Crippen MR) is 132 cm³/mol. The second-order valence-electron chi connectivity index (χ2n) is 8.68. The highest BCUT2D eigenvalue weighted by atomic mass is 16.2. The van der Waals surface area contributed by atoms with E-state index in [1.165, 1.54) is 5.57 Å². The molecule has 5 heteroatoms. The minimum absolute atomic E-state index is 0.0337. The summed E-state index contributed by atoms with van der Waals surface area (Å²) in [6.45, 7) is 4.93. The Morgan fingerprint density at radius 2 is 2.03 bits per heavy atom. The van der Waals surface area contributed by atoms with Gasteiger partial charge in [0.2, 0.25) is 11.8 Å². The number of nitrogens with zero attached hydrogens (tertiary/aromatic N) is 2. The molecule has 2 aliphatic rings. The van der Waals surface area contributed by atoms with Crippen molar-refractivity contribution in [1.29, 1.82) is 0 Å². The summed E-state index contributed by atoms with van der Waals surface area (Å²) in [6, 6.07) is 15.3. The fourth-order valence-electron chi connectivity index (χ4n) is 4.55. The van der Waals surface area contributed by atoms with E-state index in [2.05, 4.69) is 28.4 Å². The van der Waals surface area contributed by atoms with Crippen molar-refractivity contribution in [3.63, 3.8) is 0 Å². The van der Waals surface area contributed by atoms with Gasteiger partial charge in [0, 0.05) is 37.0 Å². The number of amides is 2. The average Bonchev–Trinajstić information content (AvgIpc) is 3.51. The molecule has 2 atom stereocenters. The highest BCUT2D eigenvalue weighted by Gasteiger charge is 2.36. The van der Waals surface area contributed by atoms with E-state index < -0.39 is 6.04 Å². The second kappa shape index (κ2) is 9.87. The number of terminal acetylenes is 1. The maximum atomic E-state index is 13.2. The van der Waals surface area contributed by atoms with Gasteiger partial charge in [-0.05, 0) is 61.1 Å². The molecule has 2 aromatic carbocycles. The standard InChI is InChI=1S/C28H29N3O2/c1-4-21-7-5-8-24(17-21)19(2)28(33)31-16-6-9-26(31)27(32)30-18-22-10-12-23(13-11-22)25-14-15-29-20(25)3/h1,5,7-8,10-13,15,17,19,26H,6,9,14,16,18H2,2-3H3,(H,30,32). The average molecular weight is 440 g/mol. The number of aliphatic imine (C=N–C) groups is 1. The van der Waals surface area contributed by atoms with Crippen molar-refractivity contribution in [3.8, 4) is 12.3 Å². The molecule has 168 valence electrons. The number of likely N-dealkylation sites (tertiary alicyclic amines) is 1. The number of benzene rings is 2. The smallest absolute Gasteiger partial charge is 0.243 e. The van der Waals surface area contributed by atoms with E-state index in [9.17, 15) is 9.59 Å². The van der Waals surface area contributed by atoms with Crippen molar-refractivity contribution < 1.29 is 9.59 Å². The maximum absolute atomic E-state index is 13.2. The number of rotatable bonds is 6. The minimum Gasteiger partial charge on any atom is -0.350 e. The van der Waals surface area contributed by atoms with Crippen LogP contribution in [0.2, 0.25) is 0 Å².